The van der Waals surface area contributed by atoms with E-state index in [1.165, 1.54) is 11.8 Å². The second-order valence-electron chi connectivity index (χ2n) is 3.82. The van der Waals surface area contributed by atoms with Gasteiger partial charge >= 0.3 is 5.97 Å². The predicted octanol–water partition coefficient (Wildman–Crippen LogP) is 3.08. The number of hydrogen-bond acceptors (Lipinski definition) is 4. The van der Waals surface area contributed by atoms with Gasteiger partial charge in [0.15, 0.2) is 5.82 Å². The fourth-order valence-electron chi connectivity index (χ4n) is 1.43. The van der Waals surface area contributed by atoms with E-state index in [0.29, 0.717) is 28.2 Å². The molecule has 0 bridgehead atoms. The summed E-state index contributed by atoms with van der Waals surface area (Å²) in [5.74, 6) is 0.583. The van der Waals surface area contributed by atoms with Crippen LogP contribution in [-0.2, 0) is 4.79 Å². The lowest BCUT2D eigenvalue weighted by Crippen LogP contribution is -1.94. The van der Waals surface area contributed by atoms with Gasteiger partial charge in [-0.25, -0.2) is 4.98 Å². The Balaban J connectivity index is 1.91. The van der Waals surface area contributed by atoms with E-state index in [9.17, 15) is 4.79 Å². The summed E-state index contributed by atoms with van der Waals surface area (Å²) in [5, 5.41) is 16.7. The number of H-pyrrole nitrogens is 1. The number of thioether (sulfide) groups is 1. The van der Waals surface area contributed by atoms with Gasteiger partial charge in [0.1, 0.15) is 0 Å². The molecule has 0 saturated carbocycles. The summed E-state index contributed by atoms with van der Waals surface area (Å²) in [5.41, 5.74) is 0.911. The number of carbonyl (C=O) groups is 1. The minimum Gasteiger partial charge on any atom is -0.481 e. The van der Waals surface area contributed by atoms with Crippen molar-refractivity contribution in [3.05, 3.63) is 29.3 Å². The topological polar surface area (TPSA) is 78.9 Å². The third kappa shape index (κ3) is 4.25. The number of nitrogens with one attached hydrogen (secondary N) is 1. The van der Waals surface area contributed by atoms with Gasteiger partial charge in [-0.15, -0.1) is 5.10 Å². The van der Waals surface area contributed by atoms with Gasteiger partial charge in [-0.1, -0.05) is 23.4 Å². The summed E-state index contributed by atoms with van der Waals surface area (Å²) in [4.78, 5) is 14.7. The summed E-state index contributed by atoms with van der Waals surface area (Å²) >= 11 is 7.25. The van der Waals surface area contributed by atoms with Gasteiger partial charge in [0.2, 0.25) is 5.16 Å². The SMILES string of the molecule is O=C(O)CCCSc1n[nH]c(-c2ccc(Cl)cc2)n1. The molecule has 2 aromatic rings. The number of aromatic nitrogens is 3. The van der Waals surface area contributed by atoms with Gasteiger partial charge in [-0.2, -0.15) is 0 Å². The fraction of sp³-hybridized carbons (Fsp3) is 0.250. The molecule has 0 fully saturated rings. The molecule has 1 aromatic carbocycles. The highest BCUT2D eigenvalue weighted by atomic mass is 35.5. The largest absolute Gasteiger partial charge is 0.481 e. The standard InChI is InChI=1S/C12H12ClN3O2S/c13-9-5-3-8(4-6-9)11-14-12(16-15-11)19-7-1-2-10(17)18/h3-6H,1-2,7H2,(H,17,18)(H,14,15,16). The van der Waals surface area contributed by atoms with Crippen molar-refractivity contribution in [2.24, 2.45) is 0 Å². The lowest BCUT2D eigenvalue weighted by molar-refractivity contribution is -0.137. The molecule has 0 unspecified atom stereocenters. The lowest BCUT2D eigenvalue weighted by Gasteiger charge is -1.95. The number of nitrogens with zero attached hydrogens (tertiary/aromatic N) is 2. The Hall–Kier alpha value is -1.53. The predicted molar refractivity (Wildman–Crippen MR) is 74.4 cm³/mol. The quantitative estimate of drug-likeness (QED) is 0.633. The van der Waals surface area contributed by atoms with E-state index in [1.807, 2.05) is 12.1 Å². The number of rotatable bonds is 6. The molecule has 0 aliphatic carbocycles. The molecule has 0 spiro atoms. The van der Waals surface area contributed by atoms with Crippen molar-refractivity contribution < 1.29 is 9.90 Å². The lowest BCUT2D eigenvalue weighted by atomic mass is 10.2. The van der Waals surface area contributed by atoms with Crippen LogP contribution in [0.1, 0.15) is 12.8 Å². The molecule has 0 saturated heterocycles. The first-order valence-corrected chi connectivity index (χ1v) is 7.04. The number of carboxylic acids is 1. The van der Waals surface area contributed by atoms with Gasteiger partial charge in [-0.3, -0.25) is 9.89 Å². The monoisotopic (exact) mass is 297 g/mol. The highest BCUT2D eigenvalue weighted by Gasteiger charge is 2.06. The second kappa shape index (κ2) is 6.58. The molecule has 2 rings (SSSR count). The van der Waals surface area contributed by atoms with Crippen molar-refractivity contribution in [2.75, 3.05) is 5.75 Å². The van der Waals surface area contributed by atoms with Crippen molar-refractivity contribution in [1.29, 1.82) is 0 Å². The van der Waals surface area contributed by atoms with Gasteiger partial charge < -0.3 is 5.11 Å². The Bertz CT molecular complexity index is 556. The summed E-state index contributed by atoms with van der Waals surface area (Å²) in [6.45, 7) is 0. The Morgan fingerprint density at radius 2 is 2.11 bits per heavy atom. The first kappa shape index (κ1) is 13.9. The van der Waals surface area contributed by atoms with Gasteiger partial charge in [0.25, 0.3) is 0 Å². The average molecular weight is 298 g/mol. The highest BCUT2D eigenvalue weighted by molar-refractivity contribution is 7.99. The van der Waals surface area contributed by atoms with Crippen molar-refractivity contribution >= 4 is 29.3 Å². The minimum atomic E-state index is -0.780. The average Bonchev–Trinajstić information content (AvgIpc) is 2.84. The zero-order valence-electron chi connectivity index (χ0n) is 9.97. The molecule has 100 valence electrons. The first-order valence-electron chi connectivity index (χ1n) is 5.68. The Kier molecular flexibility index (Phi) is 4.81. The molecule has 1 aromatic heterocycles. The van der Waals surface area contributed by atoms with E-state index in [0.717, 1.165) is 5.56 Å². The van der Waals surface area contributed by atoms with E-state index in [-0.39, 0.29) is 6.42 Å². The fourth-order valence-corrected chi connectivity index (χ4v) is 2.30. The van der Waals surface area contributed by atoms with Crippen LogP contribution in [0.2, 0.25) is 5.02 Å². The number of aromatic amines is 1. The number of halogens is 1. The third-order valence-electron chi connectivity index (χ3n) is 2.35. The second-order valence-corrected chi connectivity index (χ2v) is 5.32. The Labute approximate surface area is 119 Å². The molecule has 0 aliphatic heterocycles. The molecule has 0 amide bonds. The number of benzene rings is 1. The number of aliphatic carboxylic acids is 1. The van der Waals surface area contributed by atoms with Crippen LogP contribution in [0.25, 0.3) is 11.4 Å². The third-order valence-corrected chi connectivity index (χ3v) is 3.53. The van der Waals surface area contributed by atoms with Crippen LogP contribution < -0.4 is 0 Å². The van der Waals surface area contributed by atoms with E-state index in [4.69, 9.17) is 16.7 Å². The number of hydrogen-bond donors (Lipinski definition) is 2. The molecule has 5 nitrogen and oxygen atoms in total. The molecule has 2 N–H and O–H groups in total. The summed E-state index contributed by atoms with van der Waals surface area (Å²) in [6.07, 6.45) is 0.770. The van der Waals surface area contributed by atoms with Gasteiger partial charge in [0, 0.05) is 22.8 Å². The van der Waals surface area contributed by atoms with E-state index < -0.39 is 5.97 Å². The van der Waals surface area contributed by atoms with Crippen LogP contribution in [0, 0.1) is 0 Å². The van der Waals surface area contributed by atoms with E-state index in [2.05, 4.69) is 15.2 Å². The minimum absolute atomic E-state index is 0.168. The maximum Gasteiger partial charge on any atom is 0.303 e. The molecule has 19 heavy (non-hydrogen) atoms. The number of carboxylic acid groups (broad SMARTS) is 1. The molecular weight excluding hydrogens is 286 g/mol. The Morgan fingerprint density at radius 3 is 2.79 bits per heavy atom. The first-order chi connectivity index (χ1) is 9.15. The molecule has 7 heteroatoms. The molecular formula is C12H12ClN3O2S. The molecule has 0 aliphatic rings. The molecule has 0 atom stereocenters. The van der Waals surface area contributed by atoms with Crippen LogP contribution >= 0.6 is 23.4 Å². The van der Waals surface area contributed by atoms with Crippen molar-refractivity contribution in [2.45, 2.75) is 18.0 Å². The van der Waals surface area contributed by atoms with Crippen LogP contribution in [-0.4, -0.2) is 32.0 Å². The molecule has 0 radical (unpaired) electrons. The Morgan fingerprint density at radius 1 is 1.37 bits per heavy atom. The van der Waals surface area contributed by atoms with Crippen LogP contribution in [0.15, 0.2) is 29.4 Å². The zero-order valence-corrected chi connectivity index (χ0v) is 11.5. The smallest absolute Gasteiger partial charge is 0.303 e. The summed E-state index contributed by atoms with van der Waals surface area (Å²) in [7, 11) is 0. The zero-order chi connectivity index (χ0) is 13.7. The van der Waals surface area contributed by atoms with Crippen LogP contribution in [0.4, 0.5) is 0 Å². The van der Waals surface area contributed by atoms with Crippen molar-refractivity contribution in [3.8, 4) is 11.4 Å². The van der Waals surface area contributed by atoms with Crippen LogP contribution in [0.5, 0.6) is 0 Å². The van der Waals surface area contributed by atoms with Gasteiger partial charge in [0.05, 0.1) is 0 Å². The maximum atomic E-state index is 10.4. The van der Waals surface area contributed by atoms with Crippen molar-refractivity contribution in [1.82, 2.24) is 15.2 Å². The summed E-state index contributed by atoms with van der Waals surface area (Å²) < 4.78 is 0. The normalized spacial score (nSPS) is 10.6. The van der Waals surface area contributed by atoms with Gasteiger partial charge in [-0.05, 0) is 30.7 Å². The van der Waals surface area contributed by atoms with E-state index in [1.54, 1.807) is 12.1 Å². The van der Waals surface area contributed by atoms with Crippen LogP contribution in [0.3, 0.4) is 0 Å². The van der Waals surface area contributed by atoms with Crippen molar-refractivity contribution in [3.63, 3.8) is 0 Å². The highest BCUT2D eigenvalue weighted by Crippen LogP contribution is 2.21. The molecule has 1 heterocycles. The maximum absolute atomic E-state index is 10.4. The van der Waals surface area contributed by atoms with E-state index >= 15 is 0 Å². The summed E-state index contributed by atoms with van der Waals surface area (Å²) in [6, 6.07) is 7.31.